The third kappa shape index (κ3) is 4.46. The van der Waals surface area contributed by atoms with Gasteiger partial charge in [-0.1, -0.05) is 39.3 Å². The molecule has 0 bridgehead atoms. The Morgan fingerprint density at radius 1 is 1.52 bits per heavy atom. The van der Waals surface area contributed by atoms with E-state index in [1.807, 2.05) is 0 Å². The number of carbonyl (C=O) groups excluding carboxylic acids is 1. The number of esters is 1. The van der Waals surface area contributed by atoms with Crippen LogP contribution >= 0.6 is 11.6 Å². The highest BCUT2D eigenvalue weighted by Gasteiger charge is 2.22. The van der Waals surface area contributed by atoms with E-state index in [4.69, 9.17) is 11.6 Å². The van der Waals surface area contributed by atoms with Gasteiger partial charge in [0.1, 0.15) is 11.6 Å². The van der Waals surface area contributed by atoms with Crippen LogP contribution in [0.2, 0.25) is 5.02 Å². The molecule has 0 aliphatic rings. The normalized spacial score (nSPS) is 11.6. The molecule has 0 amide bonds. The number of rotatable bonds is 6. The Balaban J connectivity index is 2.90. The first-order valence-corrected chi connectivity index (χ1v) is 7.13. The van der Waals surface area contributed by atoms with Crippen molar-refractivity contribution in [2.24, 2.45) is 11.3 Å². The van der Waals surface area contributed by atoms with Crippen molar-refractivity contribution in [1.29, 1.82) is 0 Å². The molecule has 7 heteroatoms. The highest BCUT2D eigenvalue weighted by Crippen LogP contribution is 2.27. The molecule has 0 aliphatic carbocycles. The number of carbonyl (C=O) groups is 1. The van der Waals surface area contributed by atoms with E-state index in [-0.39, 0.29) is 17.0 Å². The number of methoxy groups -OCH3 is 1. The molecule has 0 spiro atoms. The Morgan fingerprint density at radius 2 is 2.14 bits per heavy atom. The Labute approximate surface area is 129 Å². The lowest BCUT2D eigenvalue weighted by atomic mass is 9.81. The lowest BCUT2D eigenvalue weighted by Crippen LogP contribution is -2.31. The van der Waals surface area contributed by atoms with Gasteiger partial charge in [0.25, 0.3) is 5.56 Å². The van der Waals surface area contributed by atoms with Crippen LogP contribution in [0, 0.1) is 11.3 Å². The van der Waals surface area contributed by atoms with E-state index in [9.17, 15) is 9.59 Å². The fraction of sp³-hybridized carbons (Fsp3) is 0.643. The molecule has 0 saturated heterocycles. The fourth-order valence-electron chi connectivity index (χ4n) is 1.41. The van der Waals surface area contributed by atoms with Crippen molar-refractivity contribution in [2.75, 3.05) is 19.0 Å². The molecule has 0 radical (unpaired) electrons. The molecule has 1 heterocycles. The van der Waals surface area contributed by atoms with Gasteiger partial charge in [0, 0.05) is 6.54 Å². The van der Waals surface area contributed by atoms with Crippen molar-refractivity contribution in [2.45, 2.75) is 34.2 Å². The Kier molecular flexibility index (Phi) is 5.78. The standard InChI is InChI=1S/C14H22ClN3O3/c1-9(2)14(3,4)8-16-10-6-17-18(7-11(19)21-5)13(20)12(10)15/h6,9,16H,7-8H2,1-5H3. The van der Waals surface area contributed by atoms with Gasteiger partial charge < -0.3 is 10.1 Å². The van der Waals surface area contributed by atoms with Crippen molar-refractivity contribution in [3.05, 3.63) is 21.6 Å². The summed E-state index contributed by atoms with van der Waals surface area (Å²) in [5, 5.41) is 7.10. The maximum absolute atomic E-state index is 12.0. The molecule has 0 aromatic carbocycles. The first-order chi connectivity index (χ1) is 9.69. The summed E-state index contributed by atoms with van der Waals surface area (Å²) in [6, 6.07) is 0. The van der Waals surface area contributed by atoms with Gasteiger partial charge in [-0.05, 0) is 11.3 Å². The van der Waals surface area contributed by atoms with Crippen molar-refractivity contribution in [3.63, 3.8) is 0 Å². The van der Waals surface area contributed by atoms with Gasteiger partial charge in [-0.15, -0.1) is 0 Å². The third-order valence-electron chi connectivity index (χ3n) is 3.79. The van der Waals surface area contributed by atoms with E-state index in [0.717, 1.165) is 4.68 Å². The van der Waals surface area contributed by atoms with Crippen LogP contribution < -0.4 is 10.9 Å². The fourth-order valence-corrected chi connectivity index (χ4v) is 1.63. The summed E-state index contributed by atoms with van der Waals surface area (Å²) in [7, 11) is 1.25. The molecular formula is C14H22ClN3O3. The Hall–Kier alpha value is -1.56. The van der Waals surface area contributed by atoms with E-state index in [1.54, 1.807) is 0 Å². The second-order valence-electron chi connectivity index (χ2n) is 5.91. The summed E-state index contributed by atoms with van der Waals surface area (Å²) in [6.07, 6.45) is 1.45. The van der Waals surface area contributed by atoms with Crippen LogP contribution in [0.25, 0.3) is 0 Å². The van der Waals surface area contributed by atoms with E-state index in [2.05, 4.69) is 42.8 Å². The zero-order valence-electron chi connectivity index (χ0n) is 13.1. The predicted molar refractivity (Wildman–Crippen MR) is 82.6 cm³/mol. The van der Waals surface area contributed by atoms with Crippen LogP contribution in [-0.2, 0) is 16.1 Å². The number of aromatic nitrogens is 2. The molecule has 0 unspecified atom stereocenters. The summed E-state index contributed by atoms with van der Waals surface area (Å²) in [5.41, 5.74) is -0.00423. The highest BCUT2D eigenvalue weighted by atomic mass is 35.5. The van der Waals surface area contributed by atoms with Gasteiger partial charge in [0.05, 0.1) is 19.0 Å². The number of nitrogens with one attached hydrogen (secondary N) is 1. The van der Waals surface area contributed by atoms with Crippen LogP contribution in [0.3, 0.4) is 0 Å². The molecular weight excluding hydrogens is 294 g/mol. The minimum atomic E-state index is -0.553. The SMILES string of the molecule is COC(=O)Cn1ncc(NCC(C)(C)C(C)C)c(Cl)c1=O. The van der Waals surface area contributed by atoms with Crippen LogP contribution in [0.4, 0.5) is 5.69 Å². The van der Waals surface area contributed by atoms with Gasteiger partial charge in [-0.2, -0.15) is 5.10 Å². The van der Waals surface area contributed by atoms with E-state index in [1.165, 1.54) is 13.3 Å². The van der Waals surface area contributed by atoms with Crippen molar-refractivity contribution in [3.8, 4) is 0 Å². The second-order valence-corrected chi connectivity index (χ2v) is 6.29. The number of hydrogen-bond acceptors (Lipinski definition) is 5. The second kappa shape index (κ2) is 6.93. The van der Waals surface area contributed by atoms with E-state index >= 15 is 0 Å². The first kappa shape index (κ1) is 17.5. The maximum atomic E-state index is 12.0. The highest BCUT2D eigenvalue weighted by molar-refractivity contribution is 6.32. The zero-order valence-corrected chi connectivity index (χ0v) is 13.8. The quantitative estimate of drug-likeness (QED) is 0.814. The molecule has 0 atom stereocenters. The maximum Gasteiger partial charge on any atom is 0.327 e. The van der Waals surface area contributed by atoms with Gasteiger partial charge in [0.2, 0.25) is 0 Å². The number of nitrogens with zero attached hydrogens (tertiary/aromatic N) is 2. The van der Waals surface area contributed by atoms with Gasteiger partial charge in [-0.3, -0.25) is 9.59 Å². The summed E-state index contributed by atoms with van der Waals surface area (Å²) in [4.78, 5) is 23.2. The monoisotopic (exact) mass is 315 g/mol. The molecule has 118 valence electrons. The molecule has 1 N–H and O–H groups in total. The van der Waals surface area contributed by atoms with Crippen molar-refractivity contribution in [1.82, 2.24) is 9.78 Å². The van der Waals surface area contributed by atoms with Gasteiger partial charge in [0.15, 0.2) is 0 Å². The average Bonchev–Trinajstić information content (AvgIpc) is 2.42. The lowest BCUT2D eigenvalue weighted by molar-refractivity contribution is -0.141. The van der Waals surface area contributed by atoms with Crippen LogP contribution in [-0.4, -0.2) is 29.4 Å². The zero-order chi connectivity index (χ0) is 16.2. The van der Waals surface area contributed by atoms with Crippen LogP contribution in [0.15, 0.2) is 11.0 Å². The van der Waals surface area contributed by atoms with Crippen molar-refractivity contribution >= 4 is 23.3 Å². The van der Waals surface area contributed by atoms with Crippen LogP contribution in [0.5, 0.6) is 0 Å². The van der Waals surface area contributed by atoms with Crippen molar-refractivity contribution < 1.29 is 9.53 Å². The summed E-state index contributed by atoms with van der Waals surface area (Å²) in [6.45, 7) is 8.93. The van der Waals surface area contributed by atoms with Gasteiger partial charge >= 0.3 is 5.97 Å². The first-order valence-electron chi connectivity index (χ1n) is 6.75. The largest absolute Gasteiger partial charge is 0.468 e. The number of hydrogen-bond donors (Lipinski definition) is 1. The minimum absolute atomic E-state index is 0.0217. The topological polar surface area (TPSA) is 73.2 Å². The Bertz CT molecular complexity index is 567. The summed E-state index contributed by atoms with van der Waals surface area (Å²) in [5.74, 6) is -0.0845. The summed E-state index contributed by atoms with van der Waals surface area (Å²) < 4.78 is 5.48. The summed E-state index contributed by atoms with van der Waals surface area (Å²) >= 11 is 6.05. The van der Waals surface area contributed by atoms with E-state index < -0.39 is 11.5 Å². The average molecular weight is 316 g/mol. The smallest absolute Gasteiger partial charge is 0.327 e. The predicted octanol–water partition coefficient (Wildman–Crippen LogP) is 2.16. The van der Waals surface area contributed by atoms with E-state index in [0.29, 0.717) is 18.2 Å². The third-order valence-corrected chi connectivity index (χ3v) is 4.15. The van der Waals surface area contributed by atoms with Crippen LogP contribution in [0.1, 0.15) is 27.7 Å². The number of halogens is 1. The molecule has 0 aliphatic heterocycles. The molecule has 1 aromatic rings. The number of ether oxygens (including phenoxy) is 1. The molecule has 21 heavy (non-hydrogen) atoms. The Morgan fingerprint density at radius 3 is 2.67 bits per heavy atom. The molecule has 1 aromatic heterocycles. The molecule has 0 saturated carbocycles. The van der Waals surface area contributed by atoms with Gasteiger partial charge in [-0.25, -0.2) is 4.68 Å². The minimum Gasteiger partial charge on any atom is -0.468 e. The molecule has 0 fully saturated rings. The number of anilines is 1. The lowest BCUT2D eigenvalue weighted by Gasteiger charge is -2.29. The molecule has 6 nitrogen and oxygen atoms in total. The molecule has 1 rings (SSSR count).